The van der Waals surface area contributed by atoms with Gasteiger partial charge in [-0.3, -0.25) is 4.79 Å². The third-order valence-electron chi connectivity index (χ3n) is 3.78. The molecule has 8 N–H and O–H groups in total. The van der Waals surface area contributed by atoms with Gasteiger partial charge >= 0.3 is 6.09 Å². The molecule has 0 aliphatic heterocycles. The number of carbonyl (C=O) groups is 2. The third-order valence-corrected chi connectivity index (χ3v) is 3.78. The topological polar surface area (TPSA) is 144 Å². The Labute approximate surface area is 170 Å². The van der Waals surface area contributed by atoms with Crippen LogP contribution in [0.5, 0.6) is 0 Å². The number of unbranched alkanes of at least 4 members (excludes halogenated alkanes) is 1. The molecular formula is C19H42N6O3. The van der Waals surface area contributed by atoms with Crippen LogP contribution in [-0.4, -0.2) is 69.5 Å². The fourth-order valence-electron chi connectivity index (χ4n) is 2.48. The summed E-state index contributed by atoms with van der Waals surface area (Å²) in [6, 6.07) is -0.382. The quantitative estimate of drug-likeness (QED) is 0.189. The molecule has 0 bridgehead atoms. The first-order valence-corrected chi connectivity index (χ1v) is 10.3. The second-order valence-electron chi connectivity index (χ2n) is 7.92. The molecule has 0 rings (SSSR count). The summed E-state index contributed by atoms with van der Waals surface area (Å²) in [5.74, 6) is -0.456. The molecule has 0 saturated carbocycles. The van der Waals surface area contributed by atoms with Gasteiger partial charge in [0.05, 0.1) is 6.04 Å². The van der Waals surface area contributed by atoms with E-state index in [0.29, 0.717) is 6.54 Å². The van der Waals surface area contributed by atoms with Crippen LogP contribution in [0.3, 0.4) is 0 Å². The van der Waals surface area contributed by atoms with Crippen LogP contribution < -0.4 is 32.7 Å². The fourth-order valence-corrected chi connectivity index (χ4v) is 2.48. The highest BCUT2D eigenvalue weighted by Gasteiger charge is 2.20. The van der Waals surface area contributed by atoms with Gasteiger partial charge in [0.1, 0.15) is 5.60 Å². The summed E-state index contributed by atoms with van der Waals surface area (Å²) in [4.78, 5) is 23.0. The maximum Gasteiger partial charge on any atom is 0.407 e. The maximum absolute atomic E-state index is 11.9. The molecule has 0 fully saturated rings. The Morgan fingerprint density at radius 3 is 1.96 bits per heavy atom. The minimum atomic E-state index is -0.582. The number of alkyl carbamates (subject to hydrolysis) is 1. The largest absolute Gasteiger partial charge is 0.444 e. The van der Waals surface area contributed by atoms with Crippen molar-refractivity contribution < 1.29 is 14.3 Å². The summed E-state index contributed by atoms with van der Waals surface area (Å²) in [7, 11) is 0. The van der Waals surface area contributed by atoms with Crippen LogP contribution in [-0.2, 0) is 9.53 Å². The normalized spacial score (nSPS) is 12.6. The second-order valence-corrected chi connectivity index (χ2v) is 7.92. The molecule has 0 aromatic heterocycles. The zero-order valence-corrected chi connectivity index (χ0v) is 17.9. The van der Waals surface area contributed by atoms with Gasteiger partial charge in [-0.1, -0.05) is 0 Å². The molecule has 0 spiro atoms. The smallest absolute Gasteiger partial charge is 0.407 e. The van der Waals surface area contributed by atoms with Gasteiger partial charge in [-0.25, -0.2) is 4.79 Å². The number of nitrogens with two attached hydrogens (primary N) is 2. The number of amides is 2. The summed E-state index contributed by atoms with van der Waals surface area (Å²) in [6.45, 7) is 11.3. The fraction of sp³-hybridized carbons (Fsp3) is 0.895. The molecule has 0 aliphatic rings. The highest BCUT2D eigenvalue weighted by atomic mass is 16.6. The lowest BCUT2D eigenvalue weighted by Crippen LogP contribution is -2.46. The van der Waals surface area contributed by atoms with E-state index in [1.165, 1.54) is 0 Å². The van der Waals surface area contributed by atoms with E-state index in [0.717, 1.165) is 65.0 Å². The van der Waals surface area contributed by atoms with Crippen molar-refractivity contribution in [1.29, 1.82) is 0 Å². The minimum absolute atomic E-state index is 0.0732. The molecular weight excluding hydrogens is 360 g/mol. The molecule has 0 aliphatic carbocycles. The van der Waals surface area contributed by atoms with Gasteiger partial charge in [0.15, 0.2) is 0 Å². The predicted molar refractivity (Wildman–Crippen MR) is 113 cm³/mol. The van der Waals surface area contributed by atoms with E-state index in [-0.39, 0.29) is 12.5 Å². The average molecular weight is 403 g/mol. The molecule has 9 heteroatoms. The van der Waals surface area contributed by atoms with Crippen molar-refractivity contribution >= 4 is 12.0 Å². The van der Waals surface area contributed by atoms with Crippen molar-refractivity contribution in [2.24, 2.45) is 11.5 Å². The number of hydrogen-bond donors (Lipinski definition) is 6. The first-order chi connectivity index (χ1) is 13.2. The lowest BCUT2D eigenvalue weighted by atomic mass is 10.2. The highest BCUT2D eigenvalue weighted by Crippen LogP contribution is 2.07. The second kappa shape index (κ2) is 16.5. The lowest BCUT2D eigenvalue weighted by molar-refractivity contribution is -0.118. The maximum atomic E-state index is 11.9. The van der Waals surface area contributed by atoms with E-state index < -0.39 is 17.6 Å². The summed E-state index contributed by atoms with van der Waals surface area (Å²) in [5, 5.41) is 12.7. The van der Waals surface area contributed by atoms with Crippen molar-refractivity contribution in [2.45, 2.75) is 64.5 Å². The van der Waals surface area contributed by atoms with Crippen LogP contribution in [0.25, 0.3) is 0 Å². The van der Waals surface area contributed by atoms with E-state index in [1.807, 2.05) is 0 Å². The Bertz CT molecular complexity index is 415. The summed E-state index contributed by atoms with van der Waals surface area (Å²) in [6.07, 6.45) is 3.82. The van der Waals surface area contributed by atoms with Gasteiger partial charge in [-0.15, -0.1) is 0 Å². The Morgan fingerprint density at radius 2 is 1.43 bits per heavy atom. The van der Waals surface area contributed by atoms with E-state index in [2.05, 4.69) is 21.3 Å². The van der Waals surface area contributed by atoms with E-state index in [9.17, 15) is 9.59 Å². The zero-order chi connectivity index (χ0) is 21.3. The number of carbonyl (C=O) groups excluding carboxylic acids is 2. The summed E-state index contributed by atoms with van der Waals surface area (Å²) < 4.78 is 5.22. The number of rotatable bonds is 17. The average Bonchev–Trinajstić information content (AvgIpc) is 2.56. The first-order valence-electron chi connectivity index (χ1n) is 10.3. The number of hydrogen-bond acceptors (Lipinski definition) is 7. The SMILES string of the molecule is CC(C)(C)OC(=O)NC(CNCCCNCCCCNCCCN)CC(N)=O. The summed E-state index contributed by atoms with van der Waals surface area (Å²) >= 11 is 0. The van der Waals surface area contributed by atoms with Gasteiger partial charge in [0, 0.05) is 13.0 Å². The van der Waals surface area contributed by atoms with Crippen LogP contribution >= 0.6 is 0 Å². The first kappa shape index (κ1) is 26.6. The molecule has 28 heavy (non-hydrogen) atoms. The minimum Gasteiger partial charge on any atom is -0.444 e. The van der Waals surface area contributed by atoms with Gasteiger partial charge in [0.25, 0.3) is 0 Å². The van der Waals surface area contributed by atoms with E-state index in [1.54, 1.807) is 20.8 Å². The summed E-state index contributed by atoms with van der Waals surface area (Å²) in [5.41, 5.74) is 10.1. The zero-order valence-electron chi connectivity index (χ0n) is 17.9. The molecule has 2 amide bonds. The number of primary amides is 1. The van der Waals surface area contributed by atoms with Crippen LogP contribution in [0.15, 0.2) is 0 Å². The van der Waals surface area contributed by atoms with Crippen molar-refractivity contribution in [2.75, 3.05) is 45.8 Å². The van der Waals surface area contributed by atoms with Crippen molar-refractivity contribution in [1.82, 2.24) is 21.3 Å². The number of ether oxygens (including phenoxy) is 1. The predicted octanol–water partition coefficient (Wildman–Crippen LogP) is 0.0430. The van der Waals surface area contributed by atoms with Crippen molar-refractivity contribution in [3.63, 3.8) is 0 Å². The van der Waals surface area contributed by atoms with Gasteiger partial charge < -0.3 is 37.5 Å². The molecule has 0 heterocycles. The van der Waals surface area contributed by atoms with E-state index in [4.69, 9.17) is 16.2 Å². The van der Waals surface area contributed by atoms with Gasteiger partial charge in [-0.2, -0.15) is 0 Å². The van der Waals surface area contributed by atoms with Gasteiger partial charge in [0.2, 0.25) is 5.91 Å². The monoisotopic (exact) mass is 402 g/mol. The van der Waals surface area contributed by atoms with Crippen LogP contribution in [0.2, 0.25) is 0 Å². The molecule has 1 atom stereocenters. The molecule has 166 valence electrons. The highest BCUT2D eigenvalue weighted by molar-refractivity contribution is 5.76. The van der Waals surface area contributed by atoms with E-state index >= 15 is 0 Å². The molecule has 9 nitrogen and oxygen atoms in total. The van der Waals surface area contributed by atoms with Crippen LogP contribution in [0, 0.1) is 0 Å². The standard InChI is InChI=1S/C19H42N6O3/c1-19(2,3)28-18(27)25-16(14-17(21)26)15-24-13-7-12-23-10-5-4-9-22-11-6-8-20/h16,22-24H,4-15,20H2,1-3H3,(H2,21,26)(H,25,27). The Hall–Kier alpha value is -1.42. The lowest BCUT2D eigenvalue weighted by Gasteiger charge is -2.23. The van der Waals surface area contributed by atoms with Crippen molar-refractivity contribution in [3.8, 4) is 0 Å². The Morgan fingerprint density at radius 1 is 0.893 bits per heavy atom. The van der Waals surface area contributed by atoms with Crippen LogP contribution in [0.1, 0.15) is 52.9 Å². The van der Waals surface area contributed by atoms with Crippen molar-refractivity contribution in [3.05, 3.63) is 0 Å². The molecule has 0 saturated heterocycles. The van der Waals surface area contributed by atoms with Gasteiger partial charge in [-0.05, 0) is 85.7 Å². The molecule has 0 radical (unpaired) electrons. The number of nitrogens with one attached hydrogen (secondary N) is 4. The third kappa shape index (κ3) is 19.3. The van der Waals surface area contributed by atoms with Crippen LogP contribution in [0.4, 0.5) is 4.79 Å². The molecule has 0 aromatic carbocycles. The Balaban J connectivity index is 3.71. The molecule has 1 unspecified atom stereocenters. The molecule has 0 aromatic rings. The Kier molecular flexibility index (Phi) is 15.7.